The van der Waals surface area contributed by atoms with Crippen molar-refractivity contribution in [3.05, 3.63) is 36.0 Å². The van der Waals surface area contributed by atoms with Gasteiger partial charge in [-0.2, -0.15) is 0 Å². The number of carbonyl (C=O) groups is 1. The lowest BCUT2D eigenvalue weighted by Gasteiger charge is -2.34. The van der Waals surface area contributed by atoms with E-state index in [1.807, 2.05) is 11.0 Å². The molecule has 1 amide bonds. The van der Waals surface area contributed by atoms with Gasteiger partial charge in [0.25, 0.3) is 0 Å². The van der Waals surface area contributed by atoms with E-state index in [1.165, 1.54) is 10.9 Å². The number of aromatic nitrogens is 1. The Kier molecular flexibility index (Phi) is 5.31. The van der Waals surface area contributed by atoms with E-state index in [4.69, 9.17) is 5.11 Å². The Morgan fingerprint density at radius 3 is 2.74 bits per heavy atom. The molecule has 5 nitrogen and oxygen atoms in total. The van der Waals surface area contributed by atoms with Crippen LogP contribution in [-0.2, 0) is 11.2 Å². The van der Waals surface area contributed by atoms with Crippen LogP contribution in [0.1, 0.15) is 18.4 Å². The second-order valence-electron chi connectivity index (χ2n) is 6.16. The Balaban J connectivity index is 1.45. The maximum absolute atomic E-state index is 12.3. The number of amides is 1. The number of aryl methyl sites for hydroxylation is 1. The Morgan fingerprint density at radius 2 is 1.96 bits per heavy atom. The summed E-state index contributed by atoms with van der Waals surface area (Å²) in [6, 6.07) is 8.29. The molecular formula is C18H25N3O2. The molecule has 1 aliphatic heterocycles. The second-order valence-corrected chi connectivity index (χ2v) is 6.16. The Bertz CT molecular complexity index is 645. The summed E-state index contributed by atoms with van der Waals surface area (Å²) in [6.07, 6.45) is 4.49. The van der Waals surface area contributed by atoms with E-state index >= 15 is 0 Å². The van der Waals surface area contributed by atoms with Crippen molar-refractivity contribution in [2.45, 2.75) is 19.3 Å². The Labute approximate surface area is 136 Å². The SMILES string of the molecule is O=C(CCCc1c[nH]c2ccccc12)N1CCN(CCO)CC1. The first kappa shape index (κ1) is 16.0. The molecule has 5 heteroatoms. The van der Waals surface area contributed by atoms with Crippen LogP contribution in [-0.4, -0.2) is 65.1 Å². The van der Waals surface area contributed by atoms with Gasteiger partial charge in [-0.25, -0.2) is 0 Å². The highest BCUT2D eigenvalue weighted by atomic mass is 16.3. The van der Waals surface area contributed by atoms with Crippen molar-refractivity contribution >= 4 is 16.8 Å². The fourth-order valence-corrected chi connectivity index (χ4v) is 3.29. The van der Waals surface area contributed by atoms with Gasteiger partial charge in [0.05, 0.1) is 6.61 Å². The van der Waals surface area contributed by atoms with E-state index in [-0.39, 0.29) is 12.5 Å². The number of piperazine rings is 1. The third-order valence-corrected chi connectivity index (χ3v) is 4.65. The van der Waals surface area contributed by atoms with E-state index in [1.54, 1.807) is 0 Å². The predicted octanol–water partition coefficient (Wildman–Crippen LogP) is 1.63. The van der Waals surface area contributed by atoms with Crippen molar-refractivity contribution in [2.75, 3.05) is 39.3 Å². The van der Waals surface area contributed by atoms with E-state index < -0.39 is 0 Å². The normalized spacial score (nSPS) is 16.1. The highest BCUT2D eigenvalue weighted by Crippen LogP contribution is 2.19. The summed E-state index contributed by atoms with van der Waals surface area (Å²) in [5, 5.41) is 10.2. The molecule has 0 aliphatic carbocycles. The quantitative estimate of drug-likeness (QED) is 0.852. The van der Waals surface area contributed by atoms with Gasteiger partial charge < -0.3 is 15.0 Å². The van der Waals surface area contributed by atoms with Crippen molar-refractivity contribution in [1.29, 1.82) is 0 Å². The highest BCUT2D eigenvalue weighted by Gasteiger charge is 2.20. The number of aliphatic hydroxyl groups excluding tert-OH is 1. The minimum absolute atomic E-state index is 0.193. The molecule has 1 saturated heterocycles. The van der Waals surface area contributed by atoms with E-state index in [0.717, 1.165) is 44.5 Å². The first-order chi connectivity index (χ1) is 11.3. The first-order valence-electron chi connectivity index (χ1n) is 8.44. The van der Waals surface area contributed by atoms with Crippen LogP contribution in [0.4, 0.5) is 0 Å². The molecule has 1 aromatic carbocycles. The number of aliphatic hydroxyl groups is 1. The summed E-state index contributed by atoms with van der Waals surface area (Å²) in [7, 11) is 0. The molecular weight excluding hydrogens is 290 g/mol. The van der Waals surface area contributed by atoms with Gasteiger partial charge in [-0.1, -0.05) is 18.2 Å². The summed E-state index contributed by atoms with van der Waals surface area (Å²) in [4.78, 5) is 19.8. The zero-order valence-electron chi connectivity index (χ0n) is 13.5. The molecule has 0 bridgehead atoms. The largest absolute Gasteiger partial charge is 0.395 e. The number of para-hydroxylation sites is 1. The molecule has 23 heavy (non-hydrogen) atoms. The second kappa shape index (κ2) is 7.62. The lowest BCUT2D eigenvalue weighted by molar-refractivity contribution is -0.133. The molecule has 0 radical (unpaired) electrons. The molecule has 124 valence electrons. The zero-order valence-corrected chi connectivity index (χ0v) is 13.5. The average molecular weight is 315 g/mol. The summed E-state index contributed by atoms with van der Waals surface area (Å²) in [5.74, 6) is 0.258. The molecule has 2 N–H and O–H groups in total. The molecule has 0 saturated carbocycles. The van der Waals surface area contributed by atoms with Crippen LogP contribution >= 0.6 is 0 Å². The van der Waals surface area contributed by atoms with Crippen LogP contribution in [0.2, 0.25) is 0 Å². The topological polar surface area (TPSA) is 59.6 Å². The van der Waals surface area contributed by atoms with Gasteiger partial charge in [0.15, 0.2) is 0 Å². The summed E-state index contributed by atoms with van der Waals surface area (Å²) < 4.78 is 0. The van der Waals surface area contributed by atoms with Crippen molar-refractivity contribution in [1.82, 2.24) is 14.8 Å². The maximum Gasteiger partial charge on any atom is 0.222 e. The molecule has 2 aromatic rings. The number of benzene rings is 1. The number of rotatable bonds is 6. The van der Waals surface area contributed by atoms with Crippen molar-refractivity contribution in [2.24, 2.45) is 0 Å². The Morgan fingerprint density at radius 1 is 1.17 bits per heavy atom. The lowest BCUT2D eigenvalue weighted by atomic mass is 10.1. The smallest absolute Gasteiger partial charge is 0.222 e. The Hall–Kier alpha value is -1.85. The average Bonchev–Trinajstić information content (AvgIpc) is 2.99. The minimum atomic E-state index is 0.193. The fraction of sp³-hybridized carbons (Fsp3) is 0.500. The number of fused-ring (bicyclic) bond motifs is 1. The number of H-pyrrole nitrogens is 1. The molecule has 1 aliphatic rings. The molecule has 1 fully saturated rings. The number of aromatic amines is 1. The van der Waals surface area contributed by atoms with Crippen LogP contribution in [0.3, 0.4) is 0 Å². The van der Waals surface area contributed by atoms with Crippen LogP contribution < -0.4 is 0 Å². The lowest BCUT2D eigenvalue weighted by Crippen LogP contribution is -2.49. The van der Waals surface area contributed by atoms with Crippen LogP contribution in [0.25, 0.3) is 10.9 Å². The molecule has 0 atom stereocenters. The van der Waals surface area contributed by atoms with Gasteiger partial charge in [-0.15, -0.1) is 0 Å². The molecule has 0 spiro atoms. The number of β-amino-alcohol motifs (C(OH)–C–C–N with tert-alkyl or cyclic N) is 1. The van der Waals surface area contributed by atoms with Crippen LogP contribution in [0.5, 0.6) is 0 Å². The number of carbonyl (C=O) groups excluding carboxylic acids is 1. The summed E-state index contributed by atoms with van der Waals surface area (Å²) >= 11 is 0. The number of hydrogen-bond donors (Lipinski definition) is 2. The standard InChI is InChI=1S/C18H25N3O2/c22-13-12-20-8-10-21(11-9-20)18(23)7-3-4-15-14-19-17-6-2-1-5-16(15)17/h1-2,5-6,14,19,22H,3-4,7-13H2. The summed E-state index contributed by atoms with van der Waals surface area (Å²) in [5.41, 5.74) is 2.45. The van der Waals surface area contributed by atoms with Crippen molar-refractivity contribution in [3.8, 4) is 0 Å². The van der Waals surface area contributed by atoms with Gasteiger partial charge in [0.2, 0.25) is 5.91 Å². The molecule has 1 aromatic heterocycles. The van der Waals surface area contributed by atoms with E-state index in [2.05, 4.69) is 34.3 Å². The first-order valence-corrected chi connectivity index (χ1v) is 8.44. The van der Waals surface area contributed by atoms with Crippen LogP contribution in [0, 0.1) is 0 Å². The number of nitrogens with zero attached hydrogens (tertiary/aromatic N) is 2. The van der Waals surface area contributed by atoms with Crippen LogP contribution in [0.15, 0.2) is 30.5 Å². The highest BCUT2D eigenvalue weighted by molar-refractivity contribution is 5.83. The molecule has 0 unspecified atom stereocenters. The van der Waals surface area contributed by atoms with Gasteiger partial charge in [0, 0.05) is 56.2 Å². The van der Waals surface area contributed by atoms with Gasteiger partial charge >= 0.3 is 0 Å². The third-order valence-electron chi connectivity index (χ3n) is 4.65. The van der Waals surface area contributed by atoms with Gasteiger partial charge in [-0.05, 0) is 24.5 Å². The fourth-order valence-electron chi connectivity index (χ4n) is 3.29. The molecule has 3 rings (SSSR count). The predicted molar refractivity (Wildman–Crippen MR) is 91.3 cm³/mol. The maximum atomic E-state index is 12.3. The minimum Gasteiger partial charge on any atom is -0.395 e. The van der Waals surface area contributed by atoms with Crippen molar-refractivity contribution < 1.29 is 9.90 Å². The monoisotopic (exact) mass is 315 g/mol. The number of hydrogen-bond acceptors (Lipinski definition) is 3. The third kappa shape index (κ3) is 3.92. The van der Waals surface area contributed by atoms with E-state index in [9.17, 15) is 4.79 Å². The summed E-state index contributed by atoms with van der Waals surface area (Å²) in [6.45, 7) is 4.21. The van der Waals surface area contributed by atoms with Crippen molar-refractivity contribution in [3.63, 3.8) is 0 Å². The van der Waals surface area contributed by atoms with Gasteiger partial charge in [-0.3, -0.25) is 9.69 Å². The zero-order chi connectivity index (χ0) is 16.1. The molecule has 2 heterocycles. The van der Waals surface area contributed by atoms with E-state index in [0.29, 0.717) is 13.0 Å². The number of nitrogens with one attached hydrogen (secondary N) is 1. The van der Waals surface area contributed by atoms with Gasteiger partial charge in [0.1, 0.15) is 0 Å².